The van der Waals surface area contributed by atoms with Crippen molar-refractivity contribution >= 4 is 17.7 Å². The van der Waals surface area contributed by atoms with E-state index in [0.717, 1.165) is 0 Å². The van der Waals surface area contributed by atoms with Crippen LogP contribution in [0.2, 0.25) is 0 Å². The summed E-state index contributed by atoms with van der Waals surface area (Å²) in [6, 6.07) is 16.4. The molecule has 142 valence electrons. The van der Waals surface area contributed by atoms with E-state index in [1.54, 1.807) is 61.5 Å². The molecule has 0 aliphatic carbocycles. The summed E-state index contributed by atoms with van der Waals surface area (Å²) in [7, 11) is 0. The van der Waals surface area contributed by atoms with E-state index in [2.05, 4.69) is 10.9 Å². The van der Waals surface area contributed by atoms with E-state index >= 15 is 0 Å². The van der Waals surface area contributed by atoms with Gasteiger partial charge >= 0.3 is 5.97 Å². The van der Waals surface area contributed by atoms with Gasteiger partial charge in [-0.05, 0) is 25.5 Å². The normalized spacial score (nSPS) is 12.7. The first-order valence-electron chi connectivity index (χ1n) is 8.95. The zero-order valence-electron chi connectivity index (χ0n) is 15.5. The molecule has 2 aromatic carbocycles. The van der Waals surface area contributed by atoms with Gasteiger partial charge in [0, 0.05) is 17.0 Å². The van der Waals surface area contributed by atoms with Crippen LogP contribution in [0.4, 0.5) is 0 Å². The van der Waals surface area contributed by atoms with Crippen molar-refractivity contribution in [3.05, 3.63) is 71.8 Å². The average Bonchev–Trinajstić information content (AvgIpc) is 2.71. The molecule has 0 radical (unpaired) electrons. The highest BCUT2D eigenvalue weighted by atomic mass is 16.5. The van der Waals surface area contributed by atoms with Gasteiger partial charge in [-0.1, -0.05) is 55.5 Å². The number of esters is 1. The molecule has 2 N–H and O–H groups in total. The van der Waals surface area contributed by atoms with Crippen LogP contribution in [0.15, 0.2) is 60.7 Å². The molecule has 1 amide bonds. The number of carbonyl (C=O) groups excluding carboxylic acids is 3. The predicted octanol–water partition coefficient (Wildman–Crippen LogP) is 2.76. The Morgan fingerprint density at radius 1 is 0.889 bits per heavy atom. The van der Waals surface area contributed by atoms with Crippen LogP contribution in [-0.4, -0.2) is 30.3 Å². The fourth-order valence-electron chi connectivity index (χ4n) is 2.75. The van der Waals surface area contributed by atoms with Crippen molar-refractivity contribution in [2.45, 2.75) is 26.3 Å². The summed E-state index contributed by atoms with van der Waals surface area (Å²) >= 11 is 0. The van der Waals surface area contributed by atoms with Gasteiger partial charge in [0.05, 0.1) is 6.61 Å². The summed E-state index contributed by atoms with van der Waals surface area (Å²) in [5.74, 6) is -1.84. The minimum atomic E-state index is -0.990. The Morgan fingerprint density at radius 2 is 1.44 bits per heavy atom. The third-order valence-corrected chi connectivity index (χ3v) is 4.15. The SMILES string of the molecule is CCOC(=O)[C@H](NNC(=O)c1ccccc1)[C@H](CC)C(=O)c1ccccc1. The van der Waals surface area contributed by atoms with E-state index in [9.17, 15) is 14.4 Å². The van der Waals surface area contributed by atoms with E-state index in [1.807, 2.05) is 13.0 Å². The molecule has 2 atom stereocenters. The third kappa shape index (κ3) is 5.49. The van der Waals surface area contributed by atoms with E-state index in [0.29, 0.717) is 17.5 Å². The Morgan fingerprint density at radius 3 is 1.96 bits per heavy atom. The van der Waals surface area contributed by atoms with Crippen molar-refractivity contribution in [3.63, 3.8) is 0 Å². The number of hydrazine groups is 1. The van der Waals surface area contributed by atoms with Crippen molar-refractivity contribution < 1.29 is 19.1 Å². The van der Waals surface area contributed by atoms with Crippen molar-refractivity contribution in [1.29, 1.82) is 0 Å². The molecule has 2 rings (SSSR count). The molecule has 0 heterocycles. The number of hydrogen-bond acceptors (Lipinski definition) is 5. The number of rotatable bonds is 9. The molecular weight excluding hydrogens is 344 g/mol. The summed E-state index contributed by atoms with van der Waals surface area (Å²) < 4.78 is 5.11. The third-order valence-electron chi connectivity index (χ3n) is 4.15. The molecule has 0 aromatic heterocycles. The maximum Gasteiger partial charge on any atom is 0.325 e. The summed E-state index contributed by atoms with van der Waals surface area (Å²) in [5.41, 5.74) is 6.18. The average molecular weight is 368 g/mol. The predicted molar refractivity (Wildman–Crippen MR) is 102 cm³/mol. The topological polar surface area (TPSA) is 84.5 Å². The molecule has 6 heteroatoms. The minimum absolute atomic E-state index is 0.180. The second kappa shape index (κ2) is 10.2. The second-order valence-corrected chi connectivity index (χ2v) is 5.94. The maximum absolute atomic E-state index is 12.9. The second-order valence-electron chi connectivity index (χ2n) is 5.94. The lowest BCUT2D eigenvalue weighted by Crippen LogP contribution is -2.54. The number of Topliss-reactive ketones (excluding diaryl/α,β-unsaturated/α-hetero) is 1. The van der Waals surface area contributed by atoms with Crippen LogP contribution in [0.3, 0.4) is 0 Å². The molecule has 0 aliphatic rings. The Kier molecular flexibility index (Phi) is 7.70. The van der Waals surface area contributed by atoms with E-state index in [-0.39, 0.29) is 12.4 Å². The molecule has 2 aromatic rings. The Balaban J connectivity index is 2.18. The van der Waals surface area contributed by atoms with Crippen molar-refractivity contribution in [1.82, 2.24) is 10.9 Å². The Hall–Kier alpha value is -2.99. The van der Waals surface area contributed by atoms with Gasteiger partial charge in [0.25, 0.3) is 5.91 Å². The molecule has 6 nitrogen and oxygen atoms in total. The molecular formula is C21H24N2O4. The first kappa shape index (κ1) is 20.3. The Labute approximate surface area is 158 Å². The molecule has 0 saturated carbocycles. The van der Waals surface area contributed by atoms with Crippen LogP contribution in [0, 0.1) is 5.92 Å². The first-order valence-corrected chi connectivity index (χ1v) is 8.95. The van der Waals surface area contributed by atoms with Gasteiger partial charge in [-0.3, -0.25) is 19.8 Å². The van der Waals surface area contributed by atoms with Gasteiger partial charge in [-0.15, -0.1) is 0 Å². The fraction of sp³-hybridized carbons (Fsp3) is 0.286. The van der Waals surface area contributed by atoms with Crippen LogP contribution in [0.1, 0.15) is 41.0 Å². The van der Waals surface area contributed by atoms with Crippen molar-refractivity contribution in [2.75, 3.05) is 6.61 Å². The standard InChI is InChI=1S/C21H24N2O4/c1-3-17(19(24)15-11-7-5-8-12-15)18(21(26)27-4-2)22-23-20(25)16-13-9-6-10-14-16/h5-14,17-18,22H,3-4H2,1-2H3,(H,23,25)/t17-,18+/m0/s1. The number of ketones is 1. The smallest absolute Gasteiger partial charge is 0.325 e. The lowest BCUT2D eigenvalue weighted by molar-refractivity contribution is -0.147. The van der Waals surface area contributed by atoms with Gasteiger partial charge in [-0.2, -0.15) is 0 Å². The highest BCUT2D eigenvalue weighted by molar-refractivity contribution is 6.01. The molecule has 27 heavy (non-hydrogen) atoms. The van der Waals surface area contributed by atoms with Gasteiger partial charge in [0.1, 0.15) is 6.04 Å². The van der Waals surface area contributed by atoms with Crippen LogP contribution in [0.25, 0.3) is 0 Å². The number of amides is 1. The fourth-order valence-corrected chi connectivity index (χ4v) is 2.75. The highest BCUT2D eigenvalue weighted by Gasteiger charge is 2.34. The molecule has 0 aliphatic heterocycles. The summed E-state index contributed by atoms with van der Waals surface area (Å²) in [6.07, 6.45) is 0.408. The largest absolute Gasteiger partial charge is 0.465 e. The highest BCUT2D eigenvalue weighted by Crippen LogP contribution is 2.17. The Bertz CT molecular complexity index is 762. The number of carbonyl (C=O) groups is 3. The van der Waals surface area contributed by atoms with E-state index in [4.69, 9.17) is 4.74 Å². The number of benzene rings is 2. The molecule has 0 unspecified atom stereocenters. The molecule has 0 bridgehead atoms. The van der Waals surface area contributed by atoms with Crippen LogP contribution in [0.5, 0.6) is 0 Å². The van der Waals surface area contributed by atoms with E-state index < -0.39 is 23.8 Å². The first-order chi connectivity index (χ1) is 13.1. The van der Waals surface area contributed by atoms with Crippen molar-refractivity contribution in [3.8, 4) is 0 Å². The zero-order valence-corrected chi connectivity index (χ0v) is 15.5. The molecule has 0 spiro atoms. The zero-order chi connectivity index (χ0) is 19.6. The van der Waals surface area contributed by atoms with Gasteiger partial charge < -0.3 is 4.74 Å². The number of nitrogens with one attached hydrogen (secondary N) is 2. The summed E-state index contributed by atoms with van der Waals surface area (Å²) in [6.45, 7) is 3.69. The van der Waals surface area contributed by atoms with Gasteiger partial charge in [-0.25, -0.2) is 5.43 Å². The summed E-state index contributed by atoms with van der Waals surface area (Å²) in [4.78, 5) is 37.6. The minimum Gasteiger partial charge on any atom is -0.465 e. The van der Waals surface area contributed by atoms with Crippen LogP contribution in [-0.2, 0) is 9.53 Å². The number of ether oxygens (including phenoxy) is 1. The van der Waals surface area contributed by atoms with Crippen LogP contribution < -0.4 is 10.9 Å². The van der Waals surface area contributed by atoms with Crippen LogP contribution >= 0.6 is 0 Å². The quantitative estimate of drug-likeness (QED) is 0.404. The lowest BCUT2D eigenvalue weighted by Gasteiger charge is -2.25. The van der Waals surface area contributed by atoms with Gasteiger partial charge in [0.15, 0.2) is 5.78 Å². The summed E-state index contributed by atoms with van der Waals surface area (Å²) in [5, 5.41) is 0. The van der Waals surface area contributed by atoms with Crippen molar-refractivity contribution in [2.24, 2.45) is 5.92 Å². The monoisotopic (exact) mass is 368 g/mol. The number of hydrogen-bond donors (Lipinski definition) is 2. The lowest BCUT2D eigenvalue weighted by atomic mass is 9.89. The maximum atomic E-state index is 12.9. The molecule has 0 fully saturated rings. The van der Waals surface area contributed by atoms with E-state index in [1.165, 1.54) is 0 Å². The van der Waals surface area contributed by atoms with Gasteiger partial charge in [0.2, 0.25) is 0 Å². The molecule has 0 saturated heterocycles.